The maximum atomic E-state index is 12.0. The number of carbonyl (C=O) groups excluding carboxylic acids is 1. The van der Waals surface area contributed by atoms with Gasteiger partial charge < -0.3 is 10.1 Å². The number of hydrogen-bond acceptors (Lipinski definition) is 3. The first-order chi connectivity index (χ1) is 12.6. The topological polar surface area (TPSA) is 56.1 Å². The number of ether oxygens (including phenoxy) is 1. The average Bonchev–Trinajstić information content (AvgIpc) is 3.09. The van der Waals surface area contributed by atoms with Crippen LogP contribution in [0.15, 0.2) is 71.5 Å². The van der Waals surface area contributed by atoms with E-state index in [-0.39, 0.29) is 5.91 Å². The van der Waals surface area contributed by atoms with Crippen molar-refractivity contribution in [2.75, 3.05) is 12.4 Å². The van der Waals surface area contributed by atoms with Crippen molar-refractivity contribution in [1.29, 1.82) is 0 Å². The Morgan fingerprint density at radius 1 is 1.19 bits per heavy atom. The Balaban J connectivity index is 1.56. The predicted molar refractivity (Wildman–Crippen MR) is 106 cm³/mol. The monoisotopic (exact) mass is 411 g/mol. The molecule has 6 heteroatoms. The van der Waals surface area contributed by atoms with Crippen LogP contribution in [0.4, 0.5) is 5.69 Å². The van der Waals surface area contributed by atoms with Crippen LogP contribution in [0, 0.1) is 0 Å². The summed E-state index contributed by atoms with van der Waals surface area (Å²) in [6, 6.07) is 15.5. The Labute approximate surface area is 160 Å². The van der Waals surface area contributed by atoms with Gasteiger partial charge in [0, 0.05) is 16.7 Å². The van der Waals surface area contributed by atoms with E-state index < -0.39 is 0 Å². The molecule has 1 amide bonds. The lowest BCUT2D eigenvalue weighted by atomic mass is 10.2. The minimum absolute atomic E-state index is 0.205. The number of carbonyl (C=O) groups is 1. The number of halogens is 1. The van der Waals surface area contributed by atoms with E-state index in [4.69, 9.17) is 4.74 Å². The molecule has 0 unspecified atom stereocenters. The average molecular weight is 412 g/mol. The highest BCUT2D eigenvalue weighted by atomic mass is 79.9. The van der Waals surface area contributed by atoms with Crippen LogP contribution < -0.4 is 10.1 Å². The van der Waals surface area contributed by atoms with Crippen LogP contribution in [0.25, 0.3) is 6.08 Å². The van der Waals surface area contributed by atoms with Gasteiger partial charge in [0.15, 0.2) is 0 Å². The number of nitrogens with one attached hydrogen (secondary N) is 1. The van der Waals surface area contributed by atoms with Crippen molar-refractivity contribution in [2.24, 2.45) is 0 Å². The second kappa shape index (κ2) is 8.49. The molecule has 0 aliphatic rings. The smallest absolute Gasteiger partial charge is 0.248 e. The van der Waals surface area contributed by atoms with Gasteiger partial charge in [-0.05, 0) is 41.5 Å². The largest absolute Gasteiger partial charge is 0.497 e. The first-order valence-corrected chi connectivity index (χ1v) is 8.82. The fourth-order valence-electron chi connectivity index (χ4n) is 2.36. The van der Waals surface area contributed by atoms with Gasteiger partial charge in [0.05, 0.1) is 25.5 Å². The maximum absolute atomic E-state index is 12.0. The normalized spacial score (nSPS) is 10.8. The molecular weight excluding hydrogens is 394 g/mol. The summed E-state index contributed by atoms with van der Waals surface area (Å²) >= 11 is 3.42. The number of amides is 1. The third kappa shape index (κ3) is 5.07. The van der Waals surface area contributed by atoms with Crippen LogP contribution in [0.3, 0.4) is 0 Å². The summed E-state index contributed by atoms with van der Waals surface area (Å²) in [5, 5.41) is 7.09. The Morgan fingerprint density at radius 2 is 1.92 bits per heavy atom. The molecule has 26 heavy (non-hydrogen) atoms. The molecule has 0 spiro atoms. The Morgan fingerprint density at radius 3 is 2.62 bits per heavy atom. The van der Waals surface area contributed by atoms with Crippen LogP contribution >= 0.6 is 15.9 Å². The molecule has 0 saturated carbocycles. The van der Waals surface area contributed by atoms with Gasteiger partial charge in [-0.25, -0.2) is 0 Å². The molecule has 132 valence electrons. The zero-order chi connectivity index (χ0) is 18.4. The highest BCUT2D eigenvalue weighted by molar-refractivity contribution is 9.10. The SMILES string of the molecule is COc1ccc(/C=C/C(=O)Nc2cnn(Cc3ccc(Br)cc3)c2)cc1. The minimum atomic E-state index is -0.205. The van der Waals surface area contributed by atoms with E-state index in [9.17, 15) is 4.79 Å². The maximum Gasteiger partial charge on any atom is 0.248 e. The van der Waals surface area contributed by atoms with Crippen LogP contribution in [0.1, 0.15) is 11.1 Å². The molecule has 0 fully saturated rings. The van der Waals surface area contributed by atoms with E-state index in [0.29, 0.717) is 12.2 Å². The molecule has 0 atom stereocenters. The highest BCUT2D eigenvalue weighted by Gasteiger charge is 2.03. The van der Waals surface area contributed by atoms with E-state index in [2.05, 4.69) is 26.3 Å². The van der Waals surface area contributed by atoms with Crippen molar-refractivity contribution in [2.45, 2.75) is 6.54 Å². The van der Waals surface area contributed by atoms with Gasteiger partial charge in [0.2, 0.25) is 5.91 Å². The molecule has 0 saturated heterocycles. The van der Waals surface area contributed by atoms with Gasteiger partial charge in [-0.3, -0.25) is 9.48 Å². The van der Waals surface area contributed by atoms with Gasteiger partial charge in [-0.2, -0.15) is 5.10 Å². The lowest BCUT2D eigenvalue weighted by Crippen LogP contribution is -2.07. The molecule has 1 heterocycles. The second-order valence-electron chi connectivity index (χ2n) is 5.65. The standard InChI is InChI=1S/C20H18BrN3O2/c1-26-19-9-4-15(5-10-19)6-11-20(25)23-18-12-22-24(14-18)13-16-2-7-17(21)8-3-16/h2-12,14H,13H2,1H3,(H,23,25)/b11-6+. The molecule has 1 N–H and O–H groups in total. The third-order valence-corrected chi connectivity index (χ3v) is 4.23. The number of rotatable bonds is 6. The van der Waals surface area contributed by atoms with Gasteiger partial charge in [0.25, 0.3) is 0 Å². The lowest BCUT2D eigenvalue weighted by molar-refractivity contribution is -0.111. The lowest BCUT2D eigenvalue weighted by Gasteiger charge is -2.02. The summed E-state index contributed by atoms with van der Waals surface area (Å²) < 4.78 is 7.93. The number of benzene rings is 2. The summed E-state index contributed by atoms with van der Waals surface area (Å²) in [5.74, 6) is 0.578. The van der Waals surface area contributed by atoms with E-state index in [1.807, 2.05) is 48.5 Å². The van der Waals surface area contributed by atoms with Crippen molar-refractivity contribution in [3.8, 4) is 5.75 Å². The van der Waals surface area contributed by atoms with Crippen molar-refractivity contribution in [3.05, 3.63) is 82.6 Å². The van der Waals surface area contributed by atoms with E-state index in [1.54, 1.807) is 30.3 Å². The third-order valence-electron chi connectivity index (χ3n) is 3.70. The predicted octanol–water partition coefficient (Wildman–Crippen LogP) is 4.35. The number of hydrogen-bond donors (Lipinski definition) is 1. The Bertz CT molecular complexity index is 900. The molecule has 3 aromatic rings. The molecule has 0 aliphatic heterocycles. The highest BCUT2D eigenvalue weighted by Crippen LogP contribution is 2.14. The molecule has 0 aliphatic carbocycles. The molecular formula is C20H18BrN3O2. The van der Waals surface area contributed by atoms with E-state index in [0.717, 1.165) is 21.3 Å². The summed E-state index contributed by atoms with van der Waals surface area (Å²) in [5.41, 5.74) is 2.71. The number of aromatic nitrogens is 2. The fourth-order valence-corrected chi connectivity index (χ4v) is 2.63. The van der Waals surface area contributed by atoms with Crippen molar-refractivity contribution in [1.82, 2.24) is 9.78 Å². The van der Waals surface area contributed by atoms with Crippen molar-refractivity contribution < 1.29 is 9.53 Å². The Hall–Kier alpha value is -2.86. The van der Waals surface area contributed by atoms with Crippen LogP contribution in [0.5, 0.6) is 5.75 Å². The quantitative estimate of drug-likeness (QED) is 0.613. The first kappa shape index (κ1) is 17.9. The van der Waals surface area contributed by atoms with E-state index in [1.165, 1.54) is 6.08 Å². The second-order valence-corrected chi connectivity index (χ2v) is 6.56. The zero-order valence-electron chi connectivity index (χ0n) is 14.2. The number of anilines is 1. The molecule has 0 bridgehead atoms. The van der Waals surface area contributed by atoms with Crippen molar-refractivity contribution >= 4 is 33.6 Å². The minimum Gasteiger partial charge on any atom is -0.497 e. The van der Waals surface area contributed by atoms with Gasteiger partial charge in [-0.1, -0.05) is 40.2 Å². The zero-order valence-corrected chi connectivity index (χ0v) is 15.8. The van der Waals surface area contributed by atoms with Crippen LogP contribution in [0.2, 0.25) is 0 Å². The van der Waals surface area contributed by atoms with Crippen molar-refractivity contribution in [3.63, 3.8) is 0 Å². The van der Waals surface area contributed by atoms with Crippen LogP contribution in [-0.2, 0) is 11.3 Å². The fraction of sp³-hybridized carbons (Fsp3) is 0.100. The van der Waals surface area contributed by atoms with Crippen LogP contribution in [-0.4, -0.2) is 22.8 Å². The number of methoxy groups -OCH3 is 1. The van der Waals surface area contributed by atoms with Gasteiger partial charge in [-0.15, -0.1) is 0 Å². The van der Waals surface area contributed by atoms with E-state index >= 15 is 0 Å². The molecule has 0 radical (unpaired) electrons. The molecule has 5 nitrogen and oxygen atoms in total. The molecule has 2 aromatic carbocycles. The number of nitrogens with zero attached hydrogens (tertiary/aromatic N) is 2. The summed E-state index contributed by atoms with van der Waals surface area (Å²) in [7, 11) is 1.62. The van der Waals surface area contributed by atoms with Gasteiger partial charge in [0.1, 0.15) is 5.75 Å². The van der Waals surface area contributed by atoms with Gasteiger partial charge >= 0.3 is 0 Å². The summed E-state index contributed by atoms with van der Waals surface area (Å²) in [6.45, 7) is 0.644. The first-order valence-electron chi connectivity index (χ1n) is 8.02. The Kier molecular flexibility index (Phi) is 5.86. The molecule has 1 aromatic heterocycles. The summed E-state index contributed by atoms with van der Waals surface area (Å²) in [6.07, 6.45) is 6.69. The molecule has 3 rings (SSSR count). The summed E-state index contributed by atoms with van der Waals surface area (Å²) in [4.78, 5) is 12.0.